The highest BCUT2D eigenvalue weighted by Gasteiger charge is 2.62. The Hall–Kier alpha value is -5.88. The maximum absolute atomic E-state index is 15.9. The lowest BCUT2D eigenvalue weighted by atomic mass is 9.84. The minimum atomic E-state index is -4.99. The van der Waals surface area contributed by atoms with Gasteiger partial charge < -0.3 is 9.47 Å². The SMILES string of the molecule is CO[C@@H]1[C@@H](OP(=O)(OCc2ccccc2)OCc2ccccc2)[C@H](OP(=O)(OCc2ccccc2)OCc2ccccc2)[C@H](OC)[C@H](OP(=O)(OCc2ccccc2)OCc2ccccc2)[C@H]1OP(=O)(OCc1ccccc1)OCc1ccccc1. The molecule has 6 atom stereocenters. The Morgan fingerprint density at radius 3 is 0.465 bits per heavy atom. The van der Waals surface area contributed by atoms with Crippen LogP contribution in [0.5, 0.6) is 0 Å². The molecule has 0 aliphatic heterocycles. The predicted octanol–water partition coefficient (Wildman–Crippen LogP) is 15.7. The summed E-state index contributed by atoms with van der Waals surface area (Å²) < 4.78 is 153. The van der Waals surface area contributed by atoms with E-state index >= 15 is 18.3 Å². The third kappa shape index (κ3) is 19.6. The van der Waals surface area contributed by atoms with Crippen LogP contribution in [0, 0.1) is 0 Å². The van der Waals surface area contributed by atoms with Crippen molar-refractivity contribution in [3.05, 3.63) is 287 Å². The van der Waals surface area contributed by atoms with Crippen molar-refractivity contribution in [2.45, 2.75) is 89.5 Å². The Kier molecular flexibility index (Phi) is 24.3. The molecule has 0 saturated heterocycles. The van der Waals surface area contributed by atoms with Crippen molar-refractivity contribution >= 4 is 31.3 Å². The smallest absolute Gasteiger partial charge is 0.376 e. The van der Waals surface area contributed by atoms with Crippen LogP contribution in [0.25, 0.3) is 0 Å². The van der Waals surface area contributed by atoms with Gasteiger partial charge in [-0.15, -0.1) is 0 Å². The van der Waals surface area contributed by atoms with E-state index in [2.05, 4.69) is 0 Å². The molecule has 9 rings (SSSR count). The average molecular weight is 1250 g/mol. The lowest BCUT2D eigenvalue weighted by Crippen LogP contribution is -2.66. The van der Waals surface area contributed by atoms with Gasteiger partial charge in [-0.2, -0.15) is 0 Å². The second-order valence-electron chi connectivity index (χ2n) is 19.5. The number of hydrogen-bond acceptors (Lipinski definition) is 18. The lowest BCUT2D eigenvalue weighted by molar-refractivity contribution is -0.226. The normalized spacial score (nSPS) is 18.4. The molecule has 0 heterocycles. The second kappa shape index (κ2) is 32.4. The standard InChI is InChI=1S/C64H68O18P4/c1-69-59-61(79-83(65,71-43-51-27-11-3-12-28-51)72-44-52-29-13-4-14-30-52)63(81-85(67,75-47-55-35-19-7-20-36-55)76-48-56-37-21-8-22-38-56)60(70-2)64(82-86(68,77-49-57-39-23-9-24-40-57)78-50-58-41-25-10-26-42-58)62(59)80-84(66,73-45-53-31-15-5-16-32-53)74-46-54-33-17-6-18-34-54/h3-42,59-64H,43-50H2,1-2H3/t59-,60+,61-,62+,63-,64+. The fourth-order valence-electron chi connectivity index (χ4n) is 8.95. The summed E-state index contributed by atoms with van der Waals surface area (Å²) in [7, 11) is -17.5. The van der Waals surface area contributed by atoms with Crippen LogP contribution < -0.4 is 0 Å². The molecule has 1 aliphatic carbocycles. The van der Waals surface area contributed by atoms with Crippen LogP contribution in [-0.4, -0.2) is 50.8 Å². The van der Waals surface area contributed by atoms with E-state index in [1.807, 2.05) is 48.5 Å². The lowest BCUT2D eigenvalue weighted by Gasteiger charge is -2.49. The number of benzene rings is 8. The molecular formula is C64H68O18P4. The van der Waals surface area contributed by atoms with E-state index in [0.29, 0.717) is 44.5 Å². The Morgan fingerprint density at radius 2 is 0.349 bits per heavy atom. The van der Waals surface area contributed by atoms with Crippen molar-refractivity contribution < 1.29 is 82.0 Å². The van der Waals surface area contributed by atoms with Gasteiger partial charge in [0.1, 0.15) is 36.6 Å². The summed E-state index contributed by atoms with van der Waals surface area (Å²) in [6, 6.07) is 71.0. The first-order chi connectivity index (χ1) is 41.9. The van der Waals surface area contributed by atoms with Crippen LogP contribution in [-0.2, 0) is 135 Å². The van der Waals surface area contributed by atoms with Crippen LogP contribution in [0.1, 0.15) is 44.5 Å². The summed E-state index contributed by atoms with van der Waals surface area (Å²) >= 11 is 0. The van der Waals surface area contributed by atoms with E-state index in [1.165, 1.54) is 14.2 Å². The molecule has 86 heavy (non-hydrogen) atoms. The number of ether oxygens (including phenoxy) is 2. The molecule has 0 aromatic heterocycles. The fourth-order valence-corrected chi connectivity index (χ4v) is 14.3. The largest absolute Gasteiger partial charge is 0.475 e. The van der Waals surface area contributed by atoms with Gasteiger partial charge in [-0.25, -0.2) is 18.3 Å². The summed E-state index contributed by atoms with van der Waals surface area (Å²) in [5.74, 6) is 0. The molecule has 0 N–H and O–H groups in total. The van der Waals surface area contributed by atoms with Crippen LogP contribution in [0.15, 0.2) is 243 Å². The van der Waals surface area contributed by atoms with Crippen molar-refractivity contribution in [3.8, 4) is 0 Å². The predicted molar refractivity (Wildman–Crippen MR) is 321 cm³/mol. The van der Waals surface area contributed by atoms with Gasteiger partial charge in [0.25, 0.3) is 0 Å². The number of phosphoric ester groups is 4. The highest BCUT2D eigenvalue weighted by Crippen LogP contribution is 2.62. The first-order valence-corrected chi connectivity index (χ1v) is 33.4. The first kappa shape index (κ1) is 64.6. The van der Waals surface area contributed by atoms with E-state index in [0.717, 1.165) is 0 Å². The quantitative estimate of drug-likeness (QED) is 0.0345. The highest BCUT2D eigenvalue weighted by molar-refractivity contribution is 7.49. The van der Waals surface area contributed by atoms with E-state index in [-0.39, 0.29) is 52.9 Å². The van der Waals surface area contributed by atoms with E-state index in [9.17, 15) is 0 Å². The van der Waals surface area contributed by atoms with Gasteiger partial charge in [-0.05, 0) is 44.5 Å². The number of methoxy groups -OCH3 is 2. The zero-order valence-corrected chi connectivity index (χ0v) is 50.9. The molecule has 22 heteroatoms. The van der Waals surface area contributed by atoms with Gasteiger partial charge in [0.15, 0.2) is 0 Å². The van der Waals surface area contributed by atoms with E-state index in [4.69, 9.17) is 63.8 Å². The van der Waals surface area contributed by atoms with E-state index < -0.39 is 67.9 Å². The maximum Gasteiger partial charge on any atom is 0.475 e. The van der Waals surface area contributed by atoms with Crippen molar-refractivity contribution in [2.75, 3.05) is 14.2 Å². The molecular weight excluding hydrogens is 1180 g/mol. The third-order valence-corrected chi connectivity index (χ3v) is 18.9. The van der Waals surface area contributed by atoms with Crippen molar-refractivity contribution in [1.29, 1.82) is 0 Å². The monoisotopic (exact) mass is 1250 g/mol. The molecule has 1 aliphatic rings. The minimum Gasteiger partial charge on any atom is -0.376 e. The molecule has 8 aromatic rings. The Morgan fingerprint density at radius 1 is 0.221 bits per heavy atom. The van der Waals surface area contributed by atoms with Gasteiger partial charge in [-0.3, -0.25) is 54.3 Å². The summed E-state index contributed by atoms with van der Waals surface area (Å²) in [5, 5.41) is 0. The Labute approximate surface area is 501 Å². The van der Waals surface area contributed by atoms with Gasteiger partial charge in [0.2, 0.25) is 0 Å². The molecule has 1 saturated carbocycles. The Balaban J connectivity index is 1.20. The van der Waals surface area contributed by atoms with Crippen LogP contribution in [0.2, 0.25) is 0 Å². The summed E-state index contributed by atoms with van der Waals surface area (Å²) in [6.45, 7) is -2.46. The zero-order valence-electron chi connectivity index (χ0n) is 47.4. The number of hydrogen-bond donors (Lipinski definition) is 0. The maximum atomic E-state index is 15.9. The summed E-state index contributed by atoms with van der Waals surface area (Å²) in [4.78, 5) is 0. The Bertz CT molecular complexity index is 2800. The van der Waals surface area contributed by atoms with Crippen molar-refractivity contribution in [1.82, 2.24) is 0 Å². The number of phosphoric acid groups is 4. The molecule has 0 amide bonds. The second-order valence-corrected chi connectivity index (χ2v) is 26.0. The minimum absolute atomic E-state index is 0.308. The zero-order chi connectivity index (χ0) is 59.9. The average Bonchev–Trinajstić information content (AvgIpc) is 0.862. The van der Waals surface area contributed by atoms with Crippen molar-refractivity contribution in [2.24, 2.45) is 0 Å². The van der Waals surface area contributed by atoms with Crippen molar-refractivity contribution in [3.63, 3.8) is 0 Å². The first-order valence-electron chi connectivity index (χ1n) is 27.6. The van der Waals surface area contributed by atoms with Gasteiger partial charge in [-0.1, -0.05) is 243 Å². The fraction of sp³-hybridized carbons (Fsp3) is 0.250. The molecule has 0 radical (unpaired) electrons. The van der Waals surface area contributed by atoms with E-state index in [1.54, 1.807) is 194 Å². The van der Waals surface area contributed by atoms with Crippen LogP contribution in [0.3, 0.4) is 0 Å². The molecule has 0 bridgehead atoms. The molecule has 18 nitrogen and oxygen atoms in total. The van der Waals surface area contributed by atoms with Crippen LogP contribution in [0.4, 0.5) is 0 Å². The van der Waals surface area contributed by atoms with Gasteiger partial charge >= 0.3 is 31.3 Å². The summed E-state index contributed by atoms with van der Waals surface area (Å²) in [5.41, 5.74) is 4.71. The molecule has 0 spiro atoms. The molecule has 1 fully saturated rings. The molecule has 8 aromatic carbocycles. The molecule has 0 unspecified atom stereocenters. The number of rotatable bonds is 34. The van der Waals surface area contributed by atoms with Crippen LogP contribution >= 0.6 is 31.3 Å². The highest BCUT2D eigenvalue weighted by atomic mass is 31.2. The van der Waals surface area contributed by atoms with Gasteiger partial charge in [0.05, 0.1) is 52.9 Å². The molecule has 452 valence electrons. The third-order valence-electron chi connectivity index (χ3n) is 13.3. The van der Waals surface area contributed by atoms with Gasteiger partial charge in [0, 0.05) is 14.2 Å². The topological polar surface area (TPSA) is 197 Å². The summed E-state index contributed by atoms with van der Waals surface area (Å²) in [6.07, 6.45) is -11.2.